The lowest BCUT2D eigenvalue weighted by Crippen LogP contribution is -2.49. The summed E-state index contributed by atoms with van der Waals surface area (Å²) >= 11 is 0. The van der Waals surface area contributed by atoms with E-state index < -0.39 is 10.2 Å². The van der Waals surface area contributed by atoms with E-state index in [0.717, 1.165) is 38.1 Å². The summed E-state index contributed by atoms with van der Waals surface area (Å²) in [5, 5.41) is 0. The molecule has 2 saturated heterocycles. The molecular weight excluding hydrogens is 326 g/mol. The molecule has 3 unspecified atom stereocenters. The molecular formula is C17H29N3O3S. The molecule has 0 amide bonds. The van der Waals surface area contributed by atoms with Gasteiger partial charge in [0.1, 0.15) is 5.76 Å². The lowest BCUT2D eigenvalue weighted by atomic mass is 9.94. The molecule has 0 aromatic carbocycles. The zero-order valence-corrected chi connectivity index (χ0v) is 15.5. The maximum atomic E-state index is 12.7. The average molecular weight is 356 g/mol. The fraction of sp³-hybridized carbons (Fsp3) is 0.765. The first-order chi connectivity index (χ1) is 11.5. The monoisotopic (exact) mass is 355 g/mol. The highest BCUT2D eigenvalue weighted by Crippen LogP contribution is 2.26. The van der Waals surface area contributed by atoms with E-state index in [4.69, 9.17) is 4.42 Å². The van der Waals surface area contributed by atoms with Crippen LogP contribution in [-0.4, -0.2) is 50.3 Å². The van der Waals surface area contributed by atoms with Crippen molar-refractivity contribution in [3.8, 4) is 0 Å². The van der Waals surface area contributed by atoms with Gasteiger partial charge in [-0.25, -0.2) is 4.72 Å². The van der Waals surface area contributed by atoms with E-state index in [2.05, 4.69) is 23.5 Å². The molecule has 1 N–H and O–H groups in total. The normalized spacial score (nSPS) is 28.2. The van der Waals surface area contributed by atoms with Gasteiger partial charge in [0.2, 0.25) is 0 Å². The van der Waals surface area contributed by atoms with Crippen molar-refractivity contribution in [3.63, 3.8) is 0 Å². The second-order valence-corrected chi connectivity index (χ2v) is 9.15. The Morgan fingerprint density at radius 3 is 2.50 bits per heavy atom. The van der Waals surface area contributed by atoms with Crippen molar-refractivity contribution >= 4 is 10.2 Å². The quantitative estimate of drug-likeness (QED) is 0.850. The first-order valence-corrected chi connectivity index (χ1v) is 10.4. The topological polar surface area (TPSA) is 65.8 Å². The summed E-state index contributed by atoms with van der Waals surface area (Å²) in [5.74, 6) is 1.65. The standard InChI is InChI=1S/C17H29N3O3S/c1-14-10-15(2)13-20(12-14)24(21,22)18-11-16(17-6-5-9-23-17)19-7-3-4-8-19/h5-6,9,14-16,18H,3-4,7-8,10-13H2,1-2H3. The van der Waals surface area contributed by atoms with E-state index in [9.17, 15) is 8.42 Å². The molecule has 6 nitrogen and oxygen atoms in total. The van der Waals surface area contributed by atoms with Crippen molar-refractivity contribution in [2.24, 2.45) is 11.8 Å². The Kier molecular flexibility index (Phi) is 5.64. The largest absolute Gasteiger partial charge is 0.468 e. The van der Waals surface area contributed by atoms with Gasteiger partial charge >= 0.3 is 0 Å². The van der Waals surface area contributed by atoms with Crippen molar-refractivity contribution in [1.29, 1.82) is 0 Å². The van der Waals surface area contributed by atoms with E-state index >= 15 is 0 Å². The van der Waals surface area contributed by atoms with E-state index in [1.54, 1.807) is 10.6 Å². The van der Waals surface area contributed by atoms with Gasteiger partial charge in [-0.2, -0.15) is 12.7 Å². The van der Waals surface area contributed by atoms with Crippen LogP contribution < -0.4 is 4.72 Å². The van der Waals surface area contributed by atoms with Gasteiger partial charge in [-0.05, 0) is 56.3 Å². The van der Waals surface area contributed by atoms with Crippen molar-refractivity contribution in [1.82, 2.24) is 13.9 Å². The number of piperidine rings is 1. The van der Waals surface area contributed by atoms with Crippen LogP contribution in [0, 0.1) is 11.8 Å². The molecule has 1 aromatic heterocycles. The summed E-state index contributed by atoms with van der Waals surface area (Å²) in [6.07, 6.45) is 5.06. The number of hydrogen-bond acceptors (Lipinski definition) is 4. The van der Waals surface area contributed by atoms with Crippen LogP contribution in [0.2, 0.25) is 0 Å². The molecule has 0 radical (unpaired) electrons. The first kappa shape index (κ1) is 17.9. The highest BCUT2D eigenvalue weighted by molar-refractivity contribution is 7.87. The molecule has 3 heterocycles. The fourth-order valence-electron chi connectivity index (χ4n) is 4.02. The van der Waals surface area contributed by atoms with E-state index in [0.29, 0.717) is 31.5 Å². The second kappa shape index (κ2) is 7.56. The molecule has 2 fully saturated rings. The Labute approximate surface area is 145 Å². The van der Waals surface area contributed by atoms with Crippen molar-refractivity contribution in [2.75, 3.05) is 32.7 Å². The van der Waals surface area contributed by atoms with Crippen molar-refractivity contribution in [2.45, 2.75) is 39.2 Å². The summed E-state index contributed by atoms with van der Waals surface area (Å²) < 4.78 is 35.5. The highest BCUT2D eigenvalue weighted by atomic mass is 32.2. The molecule has 0 aliphatic carbocycles. The van der Waals surface area contributed by atoms with Crippen LogP contribution in [0.5, 0.6) is 0 Å². The maximum Gasteiger partial charge on any atom is 0.279 e. The van der Waals surface area contributed by atoms with Crippen LogP contribution in [0.1, 0.15) is 44.9 Å². The Morgan fingerprint density at radius 1 is 1.25 bits per heavy atom. The average Bonchev–Trinajstić information content (AvgIpc) is 3.20. The molecule has 0 saturated carbocycles. The first-order valence-electron chi connectivity index (χ1n) is 8.98. The van der Waals surface area contributed by atoms with Crippen LogP contribution in [0.15, 0.2) is 22.8 Å². The third-order valence-electron chi connectivity index (χ3n) is 5.09. The van der Waals surface area contributed by atoms with Crippen molar-refractivity contribution < 1.29 is 12.8 Å². The molecule has 2 aliphatic heterocycles. The van der Waals surface area contributed by atoms with Gasteiger partial charge in [0.05, 0.1) is 12.3 Å². The van der Waals surface area contributed by atoms with Gasteiger partial charge in [0.15, 0.2) is 0 Å². The van der Waals surface area contributed by atoms with Gasteiger partial charge in [0.25, 0.3) is 10.2 Å². The molecule has 1 aromatic rings. The van der Waals surface area contributed by atoms with E-state index in [1.807, 2.05) is 12.1 Å². The van der Waals surface area contributed by atoms with E-state index in [1.165, 1.54) is 0 Å². The zero-order valence-electron chi connectivity index (χ0n) is 14.6. The van der Waals surface area contributed by atoms with Gasteiger partial charge in [-0.3, -0.25) is 4.90 Å². The Balaban J connectivity index is 1.67. The molecule has 24 heavy (non-hydrogen) atoms. The summed E-state index contributed by atoms with van der Waals surface area (Å²) in [4.78, 5) is 2.31. The minimum absolute atomic E-state index is 0.0306. The Hall–Kier alpha value is -0.890. The third-order valence-corrected chi connectivity index (χ3v) is 6.60. The van der Waals surface area contributed by atoms with Gasteiger partial charge in [-0.1, -0.05) is 13.8 Å². The Bertz CT molecular complexity index is 601. The maximum absolute atomic E-state index is 12.7. The van der Waals surface area contributed by atoms with Crippen LogP contribution in [-0.2, 0) is 10.2 Å². The predicted octanol–water partition coefficient (Wildman–Crippen LogP) is 2.23. The molecule has 0 spiro atoms. The molecule has 0 bridgehead atoms. The van der Waals surface area contributed by atoms with Gasteiger partial charge in [-0.15, -0.1) is 0 Å². The third kappa shape index (κ3) is 4.20. The minimum Gasteiger partial charge on any atom is -0.468 e. The summed E-state index contributed by atoms with van der Waals surface area (Å²) in [6, 6.07) is 3.76. The summed E-state index contributed by atoms with van der Waals surface area (Å²) in [6.45, 7) is 7.79. The molecule has 7 heteroatoms. The zero-order chi connectivity index (χ0) is 17.2. The lowest BCUT2D eigenvalue weighted by Gasteiger charge is -2.34. The number of hydrogen-bond donors (Lipinski definition) is 1. The number of nitrogens with zero attached hydrogens (tertiary/aromatic N) is 2. The number of rotatable bonds is 6. The SMILES string of the molecule is CC1CC(C)CN(S(=O)(=O)NCC(c2ccco2)N2CCCC2)C1. The Morgan fingerprint density at radius 2 is 1.92 bits per heavy atom. The van der Waals surface area contributed by atoms with Gasteiger partial charge < -0.3 is 4.42 Å². The summed E-state index contributed by atoms with van der Waals surface area (Å²) in [5.41, 5.74) is 0. The van der Waals surface area contributed by atoms with E-state index in [-0.39, 0.29) is 6.04 Å². The molecule has 2 aliphatic rings. The fourth-order valence-corrected chi connectivity index (χ4v) is 5.47. The van der Waals surface area contributed by atoms with Crippen molar-refractivity contribution in [3.05, 3.63) is 24.2 Å². The number of furan rings is 1. The molecule has 3 rings (SSSR count). The lowest BCUT2D eigenvalue weighted by molar-refractivity contribution is 0.206. The van der Waals surface area contributed by atoms with Crippen LogP contribution >= 0.6 is 0 Å². The molecule has 3 atom stereocenters. The summed E-state index contributed by atoms with van der Waals surface area (Å²) in [7, 11) is -3.45. The van der Waals surface area contributed by atoms with Gasteiger partial charge in [0, 0.05) is 19.6 Å². The number of nitrogens with one attached hydrogen (secondary N) is 1. The van der Waals surface area contributed by atoms with Crippen LogP contribution in [0.4, 0.5) is 0 Å². The smallest absolute Gasteiger partial charge is 0.279 e. The predicted molar refractivity (Wildman–Crippen MR) is 93.7 cm³/mol. The van der Waals surface area contributed by atoms with Crippen LogP contribution in [0.25, 0.3) is 0 Å². The molecule has 136 valence electrons. The minimum atomic E-state index is -3.45. The highest BCUT2D eigenvalue weighted by Gasteiger charge is 2.32. The van der Waals surface area contributed by atoms with Crippen LogP contribution in [0.3, 0.4) is 0 Å². The number of likely N-dealkylation sites (tertiary alicyclic amines) is 1. The second-order valence-electron chi connectivity index (χ2n) is 7.39.